The van der Waals surface area contributed by atoms with Crippen molar-refractivity contribution in [2.45, 2.75) is 31.7 Å². The minimum Gasteiger partial charge on any atom is -0.497 e. The fourth-order valence-electron chi connectivity index (χ4n) is 3.13. The summed E-state index contributed by atoms with van der Waals surface area (Å²) in [4.78, 5) is 25.6. The van der Waals surface area contributed by atoms with Gasteiger partial charge in [0, 0.05) is 13.1 Å². The molecule has 0 bridgehead atoms. The Morgan fingerprint density at radius 3 is 2.26 bits per heavy atom. The maximum Gasteiger partial charge on any atom is 0.308 e. The normalized spacial score (nSPS) is 21.3. The van der Waals surface area contributed by atoms with Gasteiger partial charge in [-0.1, -0.05) is 20.8 Å². The molecule has 0 radical (unpaired) electrons. The number of amides is 1. The molecule has 2 rings (SSSR count). The molecule has 1 unspecified atom stereocenters. The highest BCUT2D eigenvalue weighted by Gasteiger charge is 2.40. The molecule has 1 fully saturated rings. The van der Waals surface area contributed by atoms with Gasteiger partial charge in [0.1, 0.15) is 11.8 Å². The largest absolute Gasteiger partial charge is 0.497 e. The molecule has 27 heavy (non-hydrogen) atoms. The van der Waals surface area contributed by atoms with Gasteiger partial charge in [-0.3, -0.25) is 9.59 Å². The summed E-state index contributed by atoms with van der Waals surface area (Å²) in [6.45, 7) is 5.64. The molecule has 0 aliphatic carbocycles. The Balaban J connectivity index is 2.19. The molecule has 1 saturated heterocycles. The van der Waals surface area contributed by atoms with Crippen molar-refractivity contribution in [1.82, 2.24) is 9.62 Å². The standard InChI is InChI=1S/C18H26N2O6S/c1-11(2)16(17(21)20-9-12(3)15(10-20)18(22)23)19-27(24,25)14-7-5-13(26-4)6-8-14/h5-8,11-12,15-16,19H,9-10H2,1-4H3,(H,22,23)/t12-,15-,16?/m1/s1. The van der Waals surface area contributed by atoms with Crippen LogP contribution in [0.4, 0.5) is 0 Å². The monoisotopic (exact) mass is 398 g/mol. The summed E-state index contributed by atoms with van der Waals surface area (Å²) >= 11 is 0. The first-order valence-corrected chi connectivity index (χ1v) is 10.2. The third kappa shape index (κ3) is 4.78. The van der Waals surface area contributed by atoms with Crippen LogP contribution in [0.2, 0.25) is 0 Å². The maximum absolute atomic E-state index is 12.9. The summed E-state index contributed by atoms with van der Waals surface area (Å²) in [5.74, 6) is -1.95. The Morgan fingerprint density at radius 1 is 1.22 bits per heavy atom. The van der Waals surface area contributed by atoms with Gasteiger partial charge in [0.2, 0.25) is 15.9 Å². The maximum atomic E-state index is 12.9. The minimum absolute atomic E-state index is 0.0277. The van der Waals surface area contributed by atoms with E-state index in [1.165, 1.54) is 36.3 Å². The Hall–Kier alpha value is -2.13. The first-order valence-electron chi connectivity index (χ1n) is 8.74. The highest BCUT2D eigenvalue weighted by Crippen LogP contribution is 2.25. The van der Waals surface area contributed by atoms with Crippen molar-refractivity contribution in [2.24, 2.45) is 17.8 Å². The molecule has 1 aliphatic heterocycles. The summed E-state index contributed by atoms with van der Waals surface area (Å²) in [6, 6.07) is 4.89. The molecule has 8 nitrogen and oxygen atoms in total. The molecule has 1 aromatic rings. The number of hydrogen-bond acceptors (Lipinski definition) is 5. The minimum atomic E-state index is -3.92. The number of likely N-dealkylation sites (tertiary alicyclic amines) is 1. The lowest BCUT2D eigenvalue weighted by atomic mass is 9.99. The molecule has 3 atom stereocenters. The number of hydrogen-bond donors (Lipinski definition) is 2. The van der Waals surface area contributed by atoms with Crippen molar-refractivity contribution in [3.05, 3.63) is 24.3 Å². The number of carbonyl (C=O) groups is 2. The van der Waals surface area contributed by atoms with Crippen LogP contribution in [-0.2, 0) is 19.6 Å². The van der Waals surface area contributed by atoms with Gasteiger partial charge in [-0.05, 0) is 36.1 Å². The molecule has 0 aromatic heterocycles. The number of carboxylic acids is 1. The van der Waals surface area contributed by atoms with Gasteiger partial charge in [-0.2, -0.15) is 4.72 Å². The molecule has 1 aromatic carbocycles. The van der Waals surface area contributed by atoms with Crippen molar-refractivity contribution < 1.29 is 27.9 Å². The van der Waals surface area contributed by atoms with Crippen LogP contribution in [0.3, 0.4) is 0 Å². The summed E-state index contributed by atoms with van der Waals surface area (Å²) in [6.07, 6.45) is 0. The van der Waals surface area contributed by atoms with Gasteiger partial charge >= 0.3 is 5.97 Å². The number of benzene rings is 1. The number of nitrogens with zero attached hydrogens (tertiary/aromatic N) is 1. The second-order valence-corrected chi connectivity index (χ2v) is 8.90. The zero-order valence-electron chi connectivity index (χ0n) is 15.9. The molecule has 1 amide bonds. The lowest BCUT2D eigenvalue weighted by molar-refractivity contribution is -0.142. The van der Waals surface area contributed by atoms with Crippen LogP contribution in [0.25, 0.3) is 0 Å². The van der Waals surface area contributed by atoms with Gasteiger partial charge in [-0.15, -0.1) is 0 Å². The number of rotatable bonds is 7. The zero-order chi connectivity index (χ0) is 20.4. The van der Waals surface area contributed by atoms with E-state index in [9.17, 15) is 23.1 Å². The van der Waals surface area contributed by atoms with E-state index in [0.717, 1.165) is 0 Å². The van der Waals surface area contributed by atoms with E-state index < -0.39 is 33.9 Å². The first-order chi connectivity index (χ1) is 12.6. The van der Waals surface area contributed by atoms with Crippen LogP contribution in [0.5, 0.6) is 5.75 Å². The van der Waals surface area contributed by atoms with Crippen molar-refractivity contribution in [1.29, 1.82) is 0 Å². The average Bonchev–Trinajstić information content (AvgIpc) is 3.01. The van der Waals surface area contributed by atoms with Gasteiger partial charge in [0.25, 0.3) is 0 Å². The van der Waals surface area contributed by atoms with Crippen LogP contribution >= 0.6 is 0 Å². The number of ether oxygens (including phenoxy) is 1. The molecule has 1 heterocycles. The van der Waals surface area contributed by atoms with E-state index in [1.807, 2.05) is 0 Å². The average molecular weight is 398 g/mol. The number of carboxylic acid groups (broad SMARTS) is 1. The summed E-state index contributed by atoms with van der Waals surface area (Å²) in [7, 11) is -2.43. The predicted octanol–water partition coefficient (Wildman–Crippen LogP) is 1.18. The van der Waals surface area contributed by atoms with Gasteiger partial charge in [0.05, 0.1) is 17.9 Å². The van der Waals surface area contributed by atoms with Gasteiger partial charge in [0.15, 0.2) is 0 Å². The second kappa shape index (κ2) is 8.26. The van der Waals surface area contributed by atoms with Gasteiger partial charge in [-0.25, -0.2) is 8.42 Å². The Kier molecular flexibility index (Phi) is 6.48. The summed E-state index contributed by atoms with van der Waals surface area (Å²) in [5, 5.41) is 9.25. The molecule has 0 spiro atoms. The van der Waals surface area contributed by atoms with E-state index >= 15 is 0 Å². The van der Waals surface area contributed by atoms with Crippen molar-refractivity contribution in [3.8, 4) is 5.75 Å². The third-order valence-electron chi connectivity index (χ3n) is 4.83. The molecule has 1 aliphatic rings. The number of methoxy groups -OCH3 is 1. The zero-order valence-corrected chi connectivity index (χ0v) is 16.7. The highest BCUT2D eigenvalue weighted by atomic mass is 32.2. The highest BCUT2D eigenvalue weighted by molar-refractivity contribution is 7.89. The lowest BCUT2D eigenvalue weighted by Gasteiger charge is -2.26. The predicted molar refractivity (Wildman–Crippen MR) is 98.8 cm³/mol. The summed E-state index contributed by atoms with van der Waals surface area (Å²) in [5.41, 5.74) is 0. The molecular formula is C18H26N2O6S. The molecule has 150 valence electrons. The SMILES string of the molecule is COc1ccc(S(=O)(=O)NC(C(=O)N2C[C@@H](C)[C@H](C(=O)O)C2)C(C)C)cc1. The fourth-order valence-corrected chi connectivity index (χ4v) is 4.46. The number of aliphatic carboxylic acids is 1. The van der Waals surface area contributed by atoms with Crippen LogP contribution in [-0.4, -0.2) is 56.5 Å². The Labute approximate surface area is 159 Å². The van der Waals surface area contributed by atoms with Crippen molar-refractivity contribution >= 4 is 21.9 Å². The quantitative estimate of drug-likeness (QED) is 0.713. The molecule has 0 saturated carbocycles. The number of carbonyl (C=O) groups excluding carboxylic acids is 1. The van der Waals surface area contributed by atoms with Crippen molar-refractivity contribution in [3.63, 3.8) is 0 Å². The fraction of sp³-hybridized carbons (Fsp3) is 0.556. The lowest BCUT2D eigenvalue weighted by Crippen LogP contribution is -2.50. The van der Waals surface area contributed by atoms with Crippen LogP contribution < -0.4 is 9.46 Å². The molecule has 9 heteroatoms. The van der Waals surface area contributed by atoms with Crippen LogP contribution in [0.15, 0.2) is 29.2 Å². The van der Waals surface area contributed by atoms with E-state index in [2.05, 4.69) is 4.72 Å². The first kappa shape index (κ1) is 21.2. The van der Waals surface area contributed by atoms with E-state index in [0.29, 0.717) is 12.3 Å². The van der Waals surface area contributed by atoms with Crippen LogP contribution in [0.1, 0.15) is 20.8 Å². The smallest absolute Gasteiger partial charge is 0.308 e. The second-order valence-electron chi connectivity index (χ2n) is 7.18. The van der Waals surface area contributed by atoms with Gasteiger partial charge < -0.3 is 14.7 Å². The van der Waals surface area contributed by atoms with Crippen molar-refractivity contribution in [2.75, 3.05) is 20.2 Å². The van der Waals surface area contributed by atoms with E-state index in [4.69, 9.17) is 4.74 Å². The number of nitrogens with one attached hydrogen (secondary N) is 1. The number of sulfonamides is 1. The van der Waals surface area contributed by atoms with E-state index in [1.54, 1.807) is 20.8 Å². The summed E-state index contributed by atoms with van der Waals surface area (Å²) < 4.78 is 32.9. The third-order valence-corrected chi connectivity index (χ3v) is 6.28. The van der Waals surface area contributed by atoms with Crippen LogP contribution in [0, 0.1) is 17.8 Å². The molecular weight excluding hydrogens is 372 g/mol. The van der Waals surface area contributed by atoms with E-state index in [-0.39, 0.29) is 23.3 Å². The topological polar surface area (TPSA) is 113 Å². The Bertz CT molecular complexity index is 791. The Morgan fingerprint density at radius 2 is 1.81 bits per heavy atom. The molecule has 2 N–H and O–H groups in total.